The summed E-state index contributed by atoms with van der Waals surface area (Å²) >= 11 is 0. The molecule has 0 atom stereocenters. The van der Waals surface area contributed by atoms with Crippen molar-refractivity contribution < 1.29 is 14.3 Å². The summed E-state index contributed by atoms with van der Waals surface area (Å²) < 4.78 is 5.43. The van der Waals surface area contributed by atoms with E-state index in [1.54, 1.807) is 4.90 Å². The molecule has 2 amide bonds. The van der Waals surface area contributed by atoms with E-state index < -0.39 is 5.60 Å². The standard InChI is InChI=1S/C19H27N3O3/c1-19(2,3)25-18(24)21-8-6-13(7-9-21)12-22-16-5-4-15(20)10-14(16)11-17(22)23/h4-5,10,13H,6-9,11-12,20H2,1-3H3. The summed E-state index contributed by atoms with van der Waals surface area (Å²) in [5, 5.41) is 0. The number of hydrogen-bond donors (Lipinski definition) is 1. The molecular weight excluding hydrogens is 318 g/mol. The molecule has 1 fully saturated rings. The van der Waals surface area contributed by atoms with Crippen LogP contribution in [-0.4, -0.2) is 42.1 Å². The Morgan fingerprint density at radius 3 is 2.60 bits per heavy atom. The third-order valence-electron chi connectivity index (χ3n) is 4.74. The van der Waals surface area contributed by atoms with Gasteiger partial charge in [-0.15, -0.1) is 0 Å². The molecular formula is C19H27N3O3. The van der Waals surface area contributed by atoms with Gasteiger partial charge < -0.3 is 20.3 Å². The summed E-state index contributed by atoms with van der Waals surface area (Å²) in [4.78, 5) is 28.1. The Hall–Kier alpha value is -2.24. The number of nitrogen functional groups attached to an aromatic ring is 1. The molecule has 1 saturated heterocycles. The molecule has 3 rings (SSSR count). The summed E-state index contributed by atoms with van der Waals surface area (Å²) in [5.41, 5.74) is 8.03. The smallest absolute Gasteiger partial charge is 0.410 e. The summed E-state index contributed by atoms with van der Waals surface area (Å²) in [6.07, 6.45) is 1.95. The number of benzene rings is 1. The first-order valence-corrected chi connectivity index (χ1v) is 8.89. The Morgan fingerprint density at radius 1 is 1.28 bits per heavy atom. The molecule has 6 nitrogen and oxygen atoms in total. The van der Waals surface area contributed by atoms with Crippen LogP contribution in [-0.2, 0) is 16.0 Å². The van der Waals surface area contributed by atoms with Crippen LogP contribution < -0.4 is 10.6 Å². The second-order valence-corrected chi connectivity index (χ2v) is 7.98. The molecule has 2 N–H and O–H groups in total. The van der Waals surface area contributed by atoms with E-state index in [4.69, 9.17) is 10.5 Å². The molecule has 0 saturated carbocycles. The maximum atomic E-state index is 12.3. The second kappa shape index (κ2) is 6.58. The van der Waals surface area contributed by atoms with Crippen LogP contribution in [0.2, 0.25) is 0 Å². The van der Waals surface area contributed by atoms with Crippen molar-refractivity contribution in [2.45, 2.75) is 45.6 Å². The molecule has 2 aliphatic heterocycles. The number of ether oxygens (including phenoxy) is 1. The van der Waals surface area contributed by atoms with E-state index in [0.717, 1.165) is 24.1 Å². The number of hydrogen-bond acceptors (Lipinski definition) is 4. The number of fused-ring (bicyclic) bond motifs is 1. The predicted molar refractivity (Wildman–Crippen MR) is 97.4 cm³/mol. The number of piperidine rings is 1. The number of rotatable bonds is 2. The van der Waals surface area contributed by atoms with Crippen LogP contribution in [0.3, 0.4) is 0 Å². The maximum absolute atomic E-state index is 12.3. The van der Waals surface area contributed by atoms with Crippen LogP contribution in [0.4, 0.5) is 16.2 Å². The zero-order valence-corrected chi connectivity index (χ0v) is 15.2. The third-order valence-corrected chi connectivity index (χ3v) is 4.74. The van der Waals surface area contributed by atoms with E-state index >= 15 is 0 Å². The van der Waals surface area contributed by atoms with Crippen LogP contribution in [0, 0.1) is 5.92 Å². The molecule has 0 bridgehead atoms. The van der Waals surface area contributed by atoms with Gasteiger partial charge in [0, 0.05) is 31.0 Å². The third kappa shape index (κ3) is 4.06. The molecule has 1 aromatic rings. The van der Waals surface area contributed by atoms with Gasteiger partial charge in [0.15, 0.2) is 0 Å². The van der Waals surface area contributed by atoms with Crippen LogP contribution >= 0.6 is 0 Å². The summed E-state index contributed by atoms with van der Waals surface area (Å²) in [5.74, 6) is 0.529. The molecule has 6 heteroatoms. The van der Waals surface area contributed by atoms with Crippen molar-refractivity contribution in [2.75, 3.05) is 30.3 Å². The molecule has 0 aliphatic carbocycles. The highest BCUT2D eigenvalue weighted by atomic mass is 16.6. The second-order valence-electron chi connectivity index (χ2n) is 7.98. The van der Waals surface area contributed by atoms with Crippen molar-refractivity contribution in [3.05, 3.63) is 23.8 Å². The molecule has 1 aromatic carbocycles. The van der Waals surface area contributed by atoms with E-state index in [9.17, 15) is 9.59 Å². The van der Waals surface area contributed by atoms with Gasteiger partial charge in [-0.2, -0.15) is 0 Å². The zero-order chi connectivity index (χ0) is 18.2. The van der Waals surface area contributed by atoms with Gasteiger partial charge in [-0.1, -0.05) is 0 Å². The lowest BCUT2D eigenvalue weighted by atomic mass is 9.96. The quantitative estimate of drug-likeness (QED) is 0.836. The first kappa shape index (κ1) is 17.6. The van der Waals surface area contributed by atoms with E-state index in [-0.39, 0.29) is 12.0 Å². The lowest BCUT2D eigenvalue weighted by Gasteiger charge is -2.35. The minimum absolute atomic E-state index is 0.134. The monoisotopic (exact) mass is 345 g/mol. The van der Waals surface area contributed by atoms with Crippen molar-refractivity contribution in [1.82, 2.24) is 4.90 Å². The van der Waals surface area contributed by atoms with E-state index in [2.05, 4.69) is 0 Å². The van der Waals surface area contributed by atoms with Crippen molar-refractivity contribution in [1.29, 1.82) is 0 Å². The van der Waals surface area contributed by atoms with Crippen LogP contribution in [0.25, 0.3) is 0 Å². The molecule has 25 heavy (non-hydrogen) atoms. The average molecular weight is 345 g/mol. The topological polar surface area (TPSA) is 75.9 Å². The molecule has 0 aromatic heterocycles. The zero-order valence-electron chi connectivity index (χ0n) is 15.2. The number of nitrogens with zero attached hydrogens (tertiary/aromatic N) is 2. The Kier molecular flexibility index (Phi) is 4.62. The normalized spacial score (nSPS) is 18.4. The van der Waals surface area contributed by atoms with Crippen molar-refractivity contribution in [3.63, 3.8) is 0 Å². The highest BCUT2D eigenvalue weighted by molar-refractivity contribution is 6.01. The number of anilines is 2. The van der Waals surface area contributed by atoms with Crippen molar-refractivity contribution >= 4 is 23.4 Å². The minimum atomic E-state index is -0.471. The highest BCUT2D eigenvalue weighted by Gasteiger charge is 2.32. The Bertz CT molecular complexity index is 673. The first-order chi connectivity index (χ1) is 11.7. The van der Waals surface area contributed by atoms with E-state index in [1.165, 1.54) is 0 Å². The number of nitrogens with two attached hydrogens (primary N) is 1. The fraction of sp³-hybridized carbons (Fsp3) is 0.579. The fourth-order valence-electron chi connectivity index (χ4n) is 3.49. The van der Waals surface area contributed by atoms with Gasteiger partial charge in [0.1, 0.15) is 5.60 Å². The number of carbonyl (C=O) groups excluding carboxylic acids is 2. The fourth-order valence-corrected chi connectivity index (χ4v) is 3.49. The van der Waals surface area contributed by atoms with Gasteiger partial charge in [-0.05, 0) is 63.3 Å². The van der Waals surface area contributed by atoms with Gasteiger partial charge in [0.2, 0.25) is 5.91 Å². The minimum Gasteiger partial charge on any atom is -0.444 e. The molecule has 2 aliphatic rings. The molecule has 136 valence electrons. The predicted octanol–water partition coefficient (Wildman–Crippen LogP) is 2.81. The lowest BCUT2D eigenvalue weighted by Crippen LogP contribution is -2.44. The van der Waals surface area contributed by atoms with Gasteiger partial charge in [0.05, 0.1) is 6.42 Å². The van der Waals surface area contributed by atoms with E-state index in [1.807, 2.05) is 43.9 Å². The lowest BCUT2D eigenvalue weighted by molar-refractivity contribution is -0.117. The SMILES string of the molecule is CC(C)(C)OC(=O)N1CCC(CN2C(=O)Cc3cc(N)ccc32)CC1. The van der Waals surface area contributed by atoms with Gasteiger partial charge in [0.25, 0.3) is 0 Å². The van der Waals surface area contributed by atoms with Crippen molar-refractivity contribution in [3.8, 4) is 0 Å². The van der Waals surface area contributed by atoms with Crippen LogP contribution in [0.15, 0.2) is 18.2 Å². The first-order valence-electron chi connectivity index (χ1n) is 8.89. The Morgan fingerprint density at radius 2 is 1.96 bits per heavy atom. The largest absolute Gasteiger partial charge is 0.444 e. The summed E-state index contributed by atoms with van der Waals surface area (Å²) in [6, 6.07) is 5.67. The Labute approximate surface area is 148 Å². The highest BCUT2D eigenvalue weighted by Crippen LogP contribution is 2.32. The molecule has 2 heterocycles. The number of amides is 2. The van der Waals surface area contributed by atoms with Crippen molar-refractivity contribution in [2.24, 2.45) is 5.92 Å². The maximum Gasteiger partial charge on any atom is 0.410 e. The average Bonchev–Trinajstić information content (AvgIpc) is 2.81. The summed E-state index contributed by atoms with van der Waals surface area (Å²) in [7, 11) is 0. The molecule has 0 radical (unpaired) electrons. The number of likely N-dealkylation sites (tertiary alicyclic amines) is 1. The van der Waals surface area contributed by atoms with E-state index in [0.29, 0.717) is 37.7 Å². The summed E-state index contributed by atoms with van der Waals surface area (Å²) in [6.45, 7) is 7.69. The number of carbonyl (C=O) groups is 2. The van der Waals surface area contributed by atoms with Gasteiger partial charge in [-0.3, -0.25) is 4.79 Å². The molecule has 0 unspecified atom stereocenters. The van der Waals surface area contributed by atoms with Crippen LogP contribution in [0.5, 0.6) is 0 Å². The molecule has 0 spiro atoms. The Balaban J connectivity index is 1.57. The van der Waals surface area contributed by atoms with Gasteiger partial charge >= 0.3 is 6.09 Å². The van der Waals surface area contributed by atoms with Gasteiger partial charge in [-0.25, -0.2) is 4.79 Å². The van der Waals surface area contributed by atoms with Crippen LogP contribution in [0.1, 0.15) is 39.2 Å².